The third kappa shape index (κ3) is 5.83. The van der Waals surface area contributed by atoms with Crippen molar-refractivity contribution < 1.29 is 19.1 Å². The molecule has 0 bridgehead atoms. The SMILES string of the molecule is CC(CNC(=O)Cc1cc(F)ccc1Br)CC(=O)O. The van der Waals surface area contributed by atoms with Crippen LogP contribution in [0.2, 0.25) is 0 Å². The predicted molar refractivity (Wildman–Crippen MR) is 72.2 cm³/mol. The fourth-order valence-corrected chi connectivity index (χ4v) is 1.96. The number of carboxylic acid groups (broad SMARTS) is 1. The zero-order valence-electron chi connectivity index (χ0n) is 10.5. The summed E-state index contributed by atoms with van der Waals surface area (Å²) in [7, 11) is 0. The highest BCUT2D eigenvalue weighted by Crippen LogP contribution is 2.18. The number of amides is 1. The summed E-state index contributed by atoms with van der Waals surface area (Å²) < 4.78 is 13.7. The van der Waals surface area contributed by atoms with Crippen LogP contribution in [0.1, 0.15) is 18.9 Å². The van der Waals surface area contributed by atoms with Gasteiger partial charge in [-0.1, -0.05) is 22.9 Å². The average Bonchev–Trinajstić information content (AvgIpc) is 2.30. The molecule has 1 aromatic carbocycles. The molecular formula is C13H15BrFNO3. The predicted octanol–water partition coefficient (Wildman–Crippen LogP) is 2.36. The molecule has 19 heavy (non-hydrogen) atoms. The minimum Gasteiger partial charge on any atom is -0.481 e. The van der Waals surface area contributed by atoms with Crippen molar-refractivity contribution in [3.05, 3.63) is 34.1 Å². The second-order valence-corrected chi connectivity index (χ2v) is 5.27. The number of carbonyl (C=O) groups is 2. The van der Waals surface area contributed by atoms with Crippen molar-refractivity contribution in [2.24, 2.45) is 5.92 Å². The number of rotatable bonds is 6. The van der Waals surface area contributed by atoms with E-state index in [9.17, 15) is 14.0 Å². The fourth-order valence-electron chi connectivity index (χ4n) is 1.57. The van der Waals surface area contributed by atoms with E-state index in [1.165, 1.54) is 12.1 Å². The number of halogens is 2. The van der Waals surface area contributed by atoms with E-state index >= 15 is 0 Å². The van der Waals surface area contributed by atoms with Crippen LogP contribution >= 0.6 is 15.9 Å². The first kappa shape index (κ1) is 15.6. The van der Waals surface area contributed by atoms with Crippen LogP contribution in [-0.4, -0.2) is 23.5 Å². The van der Waals surface area contributed by atoms with Gasteiger partial charge in [-0.25, -0.2) is 4.39 Å². The molecule has 1 rings (SSSR count). The lowest BCUT2D eigenvalue weighted by Gasteiger charge is -2.11. The van der Waals surface area contributed by atoms with E-state index in [2.05, 4.69) is 21.2 Å². The molecule has 0 saturated carbocycles. The Morgan fingerprint density at radius 1 is 1.47 bits per heavy atom. The van der Waals surface area contributed by atoms with Crippen molar-refractivity contribution in [1.29, 1.82) is 0 Å². The number of nitrogens with one attached hydrogen (secondary N) is 1. The number of benzene rings is 1. The molecule has 1 unspecified atom stereocenters. The summed E-state index contributed by atoms with van der Waals surface area (Å²) >= 11 is 3.25. The molecule has 2 N–H and O–H groups in total. The van der Waals surface area contributed by atoms with Crippen molar-refractivity contribution in [2.45, 2.75) is 19.8 Å². The van der Waals surface area contributed by atoms with Crippen LogP contribution in [0, 0.1) is 11.7 Å². The van der Waals surface area contributed by atoms with Crippen molar-refractivity contribution in [3.8, 4) is 0 Å². The first-order chi connectivity index (χ1) is 8.88. The van der Waals surface area contributed by atoms with Crippen LogP contribution in [0.3, 0.4) is 0 Å². The Morgan fingerprint density at radius 2 is 2.16 bits per heavy atom. The quantitative estimate of drug-likeness (QED) is 0.840. The Morgan fingerprint density at radius 3 is 2.79 bits per heavy atom. The van der Waals surface area contributed by atoms with Crippen LogP contribution in [0.5, 0.6) is 0 Å². The lowest BCUT2D eigenvalue weighted by Crippen LogP contribution is -2.30. The Balaban J connectivity index is 2.47. The maximum Gasteiger partial charge on any atom is 0.303 e. The zero-order valence-corrected chi connectivity index (χ0v) is 12.0. The van der Waals surface area contributed by atoms with Gasteiger partial charge < -0.3 is 10.4 Å². The molecule has 0 fully saturated rings. The van der Waals surface area contributed by atoms with Gasteiger partial charge in [-0.2, -0.15) is 0 Å². The first-order valence-corrected chi connectivity index (χ1v) is 6.60. The largest absolute Gasteiger partial charge is 0.481 e. The van der Waals surface area contributed by atoms with E-state index in [-0.39, 0.29) is 31.2 Å². The van der Waals surface area contributed by atoms with Gasteiger partial charge in [0.05, 0.1) is 6.42 Å². The normalized spacial score (nSPS) is 11.9. The smallest absolute Gasteiger partial charge is 0.303 e. The molecule has 0 heterocycles. The van der Waals surface area contributed by atoms with E-state index < -0.39 is 11.8 Å². The molecule has 1 amide bonds. The van der Waals surface area contributed by atoms with E-state index in [1.54, 1.807) is 13.0 Å². The van der Waals surface area contributed by atoms with E-state index in [0.29, 0.717) is 10.0 Å². The van der Waals surface area contributed by atoms with Gasteiger partial charge in [-0.05, 0) is 29.7 Å². The van der Waals surface area contributed by atoms with Crippen LogP contribution in [0.4, 0.5) is 4.39 Å². The number of carbonyl (C=O) groups excluding carboxylic acids is 1. The summed E-state index contributed by atoms with van der Waals surface area (Å²) in [4.78, 5) is 22.1. The molecule has 0 spiro atoms. The van der Waals surface area contributed by atoms with Gasteiger partial charge in [0.1, 0.15) is 5.82 Å². The third-order valence-electron chi connectivity index (χ3n) is 2.53. The molecular weight excluding hydrogens is 317 g/mol. The number of aliphatic carboxylic acids is 1. The highest BCUT2D eigenvalue weighted by Gasteiger charge is 2.11. The summed E-state index contributed by atoms with van der Waals surface area (Å²) in [5.41, 5.74) is 0.559. The van der Waals surface area contributed by atoms with Crippen molar-refractivity contribution in [3.63, 3.8) is 0 Å². The number of carboxylic acids is 1. The highest BCUT2D eigenvalue weighted by atomic mass is 79.9. The summed E-state index contributed by atoms with van der Waals surface area (Å²) in [5, 5.41) is 11.2. The van der Waals surface area contributed by atoms with Gasteiger partial charge in [0, 0.05) is 17.4 Å². The molecule has 1 atom stereocenters. The average molecular weight is 332 g/mol. The molecule has 0 aliphatic carbocycles. The fraction of sp³-hybridized carbons (Fsp3) is 0.385. The molecule has 6 heteroatoms. The third-order valence-corrected chi connectivity index (χ3v) is 3.30. The van der Waals surface area contributed by atoms with Crippen molar-refractivity contribution in [2.75, 3.05) is 6.54 Å². The summed E-state index contributed by atoms with van der Waals surface area (Å²) in [6.45, 7) is 2.03. The van der Waals surface area contributed by atoms with E-state index in [1.807, 2.05) is 0 Å². The Kier molecular flexibility index (Phi) is 5.95. The summed E-state index contributed by atoms with van der Waals surface area (Å²) in [5.74, 6) is -1.69. The van der Waals surface area contributed by atoms with Crippen molar-refractivity contribution >= 4 is 27.8 Å². The Labute approximate surface area is 119 Å². The van der Waals surface area contributed by atoms with Gasteiger partial charge in [0.2, 0.25) is 5.91 Å². The van der Waals surface area contributed by atoms with Crippen LogP contribution in [0.25, 0.3) is 0 Å². The van der Waals surface area contributed by atoms with Gasteiger partial charge in [-0.3, -0.25) is 9.59 Å². The van der Waals surface area contributed by atoms with Gasteiger partial charge in [0.15, 0.2) is 0 Å². The molecule has 0 saturated heterocycles. The molecule has 0 aliphatic rings. The maximum atomic E-state index is 13.0. The van der Waals surface area contributed by atoms with Crippen LogP contribution < -0.4 is 5.32 Å². The summed E-state index contributed by atoms with van der Waals surface area (Å²) in [6.07, 6.45) is 0.0576. The Bertz CT molecular complexity index is 479. The number of hydrogen-bond acceptors (Lipinski definition) is 2. The lowest BCUT2D eigenvalue weighted by molar-refractivity contribution is -0.138. The van der Waals surface area contributed by atoms with Crippen molar-refractivity contribution in [1.82, 2.24) is 5.32 Å². The molecule has 104 valence electrons. The molecule has 4 nitrogen and oxygen atoms in total. The second-order valence-electron chi connectivity index (χ2n) is 4.42. The molecule has 0 aromatic heterocycles. The minimum absolute atomic E-state index is 0.00391. The van der Waals surface area contributed by atoms with Gasteiger partial charge in [0.25, 0.3) is 0 Å². The number of hydrogen-bond donors (Lipinski definition) is 2. The molecule has 1 aromatic rings. The maximum absolute atomic E-state index is 13.0. The van der Waals surface area contributed by atoms with Gasteiger partial charge in [-0.15, -0.1) is 0 Å². The topological polar surface area (TPSA) is 66.4 Å². The monoisotopic (exact) mass is 331 g/mol. The lowest BCUT2D eigenvalue weighted by atomic mass is 10.1. The van der Waals surface area contributed by atoms with E-state index in [0.717, 1.165) is 0 Å². The Hall–Kier alpha value is -1.43. The zero-order chi connectivity index (χ0) is 14.4. The minimum atomic E-state index is -0.894. The van der Waals surface area contributed by atoms with Gasteiger partial charge >= 0.3 is 5.97 Å². The van der Waals surface area contributed by atoms with E-state index in [4.69, 9.17) is 5.11 Å². The van der Waals surface area contributed by atoms with Crippen LogP contribution in [-0.2, 0) is 16.0 Å². The molecule has 0 radical (unpaired) electrons. The highest BCUT2D eigenvalue weighted by molar-refractivity contribution is 9.10. The summed E-state index contributed by atoms with van der Waals surface area (Å²) in [6, 6.07) is 4.15. The van der Waals surface area contributed by atoms with Crippen LogP contribution in [0.15, 0.2) is 22.7 Å². The first-order valence-electron chi connectivity index (χ1n) is 5.81. The standard InChI is InChI=1S/C13H15BrFNO3/c1-8(4-13(18)19)7-16-12(17)6-9-5-10(15)2-3-11(9)14/h2-3,5,8H,4,6-7H2,1H3,(H,16,17)(H,18,19). The molecule has 0 aliphatic heterocycles. The second kappa shape index (κ2) is 7.23.